The topological polar surface area (TPSA) is 75.8 Å². The van der Waals surface area contributed by atoms with E-state index >= 15 is 0 Å². The van der Waals surface area contributed by atoms with Crippen molar-refractivity contribution in [3.8, 4) is 17.1 Å². The maximum Gasteiger partial charge on any atom is 0.573 e. The SMILES string of the molecule is Cc1noc(-c2ccc(OC(F)(F)F)cc2)c1N(C(=O)O)C(C)c1ccccc1Cl. The summed E-state index contributed by atoms with van der Waals surface area (Å²) in [4.78, 5) is 13.2. The molecule has 0 aliphatic carbocycles. The van der Waals surface area contributed by atoms with E-state index in [2.05, 4.69) is 9.89 Å². The summed E-state index contributed by atoms with van der Waals surface area (Å²) in [6.45, 7) is 3.23. The lowest BCUT2D eigenvalue weighted by Crippen LogP contribution is -2.33. The Morgan fingerprint density at radius 2 is 1.83 bits per heavy atom. The number of aryl methyl sites for hydroxylation is 1. The maximum atomic E-state index is 12.4. The Balaban J connectivity index is 2.03. The van der Waals surface area contributed by atoms with Gasteiger partial charge in [-0.1, -0.05) is 35.0 Å². The molecular formula is C20H16ClF3N2O4. The minimum absolute atomic E-state index is 0.0902. The highest BCUT2D eigenvalue weighted by Crippen LogP contribution is 2.40. The Morgan fingerprint density at radius 3 is 2.40 bits per heavy atom. The summed E-state index contributed by atoms with van der Waals surface area (Å²) in [5, 5.41) is 14.1. The highest BCUT2D eigenvalue weighted by molar-refractivity contribution is 6.31. The first-order chi connectivity index (χ1) is 14.1. The van der Waals surface area contributed by atoms with Gasteiger partial charge >= 0.3 is 12.5 Å². The number of rotatable bonds is 5. The quantitative estimate of drug-likeness (QED) is 0.493. The van der Waals surface area contributed by atoms with Crippen LogP contribution in [0.2, 0.25) is 5.02 Å². The Bertz CT molecular complexity index is 1050. The smallest absolute Gasteiger partial charge is 0.465 e. The Kier molecular flexibility index (Phi) is 5.93. The molecule has 2 aromatic carbocycles. The van der Waals surface area contributed by atoms with Crippen LogP contribution in [0.5, 0.6) is 5.75 Å². The average molecular weight is 441 g/mol. The highest BCUT2D eigenvalue weighted by atomic mass is 35.5. The summed E-state index contributed by atoms with van der Waals surface area (Å²) in [5.41, 5.74) is 1.36. The minimum atomic E-state index is -4.82. The molecule has 0 fully saturated rings. The number of carboxylic acid groups (broad SMARTS) is 1. The number of aromatic nitrogens is 1. The molecule has 10 heteroatoms. The van der Waals surface area contributed by atoms with E-state index in [0.29, 0.717) is 21.8 Å². The molecule has 1 aromatic heterocycles. The van der Waals surface area contributed by atoms with Crippen molar-refractivity contribution in [1.29, 1.82) is 0 Å². The Hall–Kier alpha value is -3.20. The van der Waals surface area contributed by atoms with Crippen LogP contribution in [-0.4, -0.2) is 22.7 Å². The Morgan fingerprint density at radius 1 is 1.20 bits per heavy atom. The highest BCUT2D eigenvalue weighted by Gasteiger charge is 2.33. The summed E-state index contributed by atoms with van der Waals surface area (Å²) in [7, 11) is 0. The summed E-state index contributed by atoms with van der Waals surface area (Å²) >= 11 is 6.23. The van der Waals surface area contributed by atoms with E-state index in [-0.39, 0.29) is 11.4 Å². The van der Waals surface area contributed by atoms with E-state index in [1.807, 2.05) is 0 Å². The van der Waals surface area contributed by atoms with Gasteiger partial charge in [0.25, 0.3) is 0 Å². The molecule has 0 radical (unpaired) electrons. The maximum absolute atomic E-state index is 12.4. The number of halogens is 4. The lowest BCUT2D eigenvalue weighted by Gasteiger charge is -2.27. The molecule has 30 heavy (non-hydrogen) atoms. The molecule has 3 rings (SSSR count). The number of carbonyl (C=O) groups is 1. The molecule has 0 saturated heterocycles. The van der Waals surface area contributed by atoms with Gasteiger partial charge in [-0.3, -0.25) is 4.90 Å². The first-order valence-corrected chi connectivity index (χ1v) is 9.05. The first kappa shape index (κ1) is 21.5. The zero-order chi connectivity index (χ0) is 22.1. The third kappa shape index (κ3) is 4.51. The first-order valence-electron chi connectivity index (χ1n) is 8.67. The van der Waals surface area contributed by atoms with Crippen molar-refractivity contribution in [1.82, 2.24) is 5.16 Å². The number of anilines is 1. The van der Waals surface area contributed by atoms with Gasteiger partial charge in [-0.2, -0.15) is 0 Å². The number of ether oxygens (including phenoxy) is 1. The van der Waals surface area contributed by atoms with Crippen LogP contribution in [0.4, 0.5) is 23.7 Å². The van der Waals surface area contributed by atoms with Gasteiger partial charge in [0.1, 0.15) is 17.1 Å². The van der Waals surface area contributed by atoms with E-state index in [1.165, 1.54) is 12.1 Å². The number of amides is 1. The van der Waals surface area contributed by atoms with Crippen LogP contribution in [0.15, 0.2) is 53.1 Å². The molecule has 6 nitrogen and oxygen atoms in total. The van der Waals surface area contributed by atoms with Gasteiger partial charge in [0, 0.05) is 10.6 Å². The monoisotopic (exact) mass is 440 g/mol. The molecule has 1 atom stereocenters. The predicted octanol–water partition coefficient (Wildman–Crippen LogP) is 6.45. The van der Waals surface area contributed by atoms with Crippen molar-refractivity contribution in [3.63, 3.8) is 0 Å². The van der Waals surface area contributed by atoms with Crippen LogP contribution in [0.1, 0.15) is 24.2 Å². The van der Waals surface area contributed by atoms with E-state index < -0.39 is 24.2 Å². The number of benzene rings is 2. The molecule has 1 amide bonds. The molecule has 0 spiro atoms. The zero-order valence-corrected chi connectivity index (χ0v) is 16.5. The number of alkyl halides is 3. The zero-order valence-electron chi connectivity index (χ0n) is 15.8. The van der Waals surface area contributed by atoms with E-state index in [9.17, 15) is 23.1 Å². The van der Waals surface area contributed by atoms with Crippen LogP contribution in [0.25, 0.3) is 11.3 Å². The van der Waals surface area contributed by atoms with Crippen LogP contribution in [0, 0.1) is 6.92 Å². The molecule has 1 unspecified atom stereocenters. The van der Waals surface area contributed by atoms with Crippen molar-refractivity contribution in [2.45, 2.75) is 26.3 Å². The molecule has 0 saturated carbocycles. The van der Waals surface area contributed by atoms with Gasteiger partial charge in [-0.15, -0.1) is 13.2 Å². The van der Waals surface area contributed by atoms with Crippen molar-refractivity contribution < 1.29 is 32.3 Å². The van der Waals surface area contributed by atoms with E-state index in [1.54, 1.807) is 38.1 Å². The lowest BCUT2D eigenvalue weighted by molar-refractivity contribution is -0.274. The largest absolute Gasteiger partial charge is 0.573 e. The number of nitrogens with zero attached hydrogens (tertiary/aromatic N) is 2. The molecule has 0 aliphatic rings. The molecule has 0 bridgehead atoms. The normalized spacial score (nSPS) is 12.5. The van der Waals surface area contributed by atoms with Gasteiger partial charge in [-0.05, 0) is 49.7 Å². The third-order valence-corrected chi connectivity index (χ3v) is 4.72. The van der Waals surface area contributed by atoms with Gasteiger partial charge < -0.3 is 14.4 Å². The number of hydrogen-bond donors (Lipinski definition) is 1. The third-order valence-electron chi connectivity index (χ3n) is 4.37. The second-order valence-corrected chi connectivity index (χ2v) is 6.78. The van der Waals surface area contributed by atoms with Gasteiger partial charge in [-0.25, -0.2) is 4.79 Å². The van der Waals surface area contributed by atoms with Crippen LogP contribution < -0.4 is 9.64 Å². The van der Waals surface area contributed by atoms with Crippen molar-refractivity contribution in [2.24, 2.45) is 0 Å². The molecule has 0 aliphatic heterocycles. The van der Waals surface area contributed by atoms with Gasteiger partial charge in [0.2, 0.25) is 0 Å². The summed E-state index contributed by atoms with van der Waals surface area (Å²) in [6.07, 6.45) is -6.09. The molecular weight excluding hydrogens is 425 g/mol. The van der Waals surface area contributed by atoms with E-state index in [4.69, 9.17) is 16.1 Å². The summed E-state index contributed by atoms with van der Waals surface area (Å²) < 4.78 is 46.3. The fourth-order valence-corrected chi connectivity index (χ4v) is 3.35. The minimum Gasteiger partial charge on any atom is -0.465 e. The van der Waals surface area contributed by atoms with Crippen LogP contribution >= 0.6 is 11.6 Å². The van der Waals surface area contributed by atoms with Crippen LogP contribution in [-0.2, 0) is 0 Å². The second kappa shape index (κ2) is 8.27. The van der Waals surface area contributed by atoms with Crippen molar-refractivity contribution in [3.05, 3.63) is 64.8 Å². The van der Waals surface area contributed by atoms with Crippen LogP contribution in [0.3, 0.4) is 0 Å². The Labute approximate surface area is 174 Å². The van der Waals surface area contributed by atoms with Crippen molar-refractivity contribution >= 4 is 23.4 Å². The van der Waals surface area contributed by atoms with Gasteiger partial charge in [0.05, 0.1) is 6.04 Å². The fraction of sp³-hybridized carbons (Fsp3) is 0.200. The summed E-state index contributed by atoms with van der Waals surface area (Å²) in [5.74, 6) is -0.323. The molecule has 1 N–H and O–H groups in total. The number of hydrogen-bond acceptors (Lipinski definition) is 4. The molecule has 3 aromatic rings. The fourth-order valence-electron chi connectivity index (χ4n) is 3.05. The lowest BCUT2D eigenvalue weighted by atomic mass is 10.0. The second-order valence-electron chi connectivity index (χ2n) is 6.37. The average Bonchev–Trinajstić information content (AvgIpc) is 3.02. The molecule has 158 valence electrons. The standard InChI is InChI=1S/C20H16ClF3N2O4/c1-11-17(26(19(27)28)12(2)15-5-3-4-6-16(15)21)18(30-25-11)13-7-9-14(10-8-13)29-20(22,23)24/h3-10,12H,1-2H3,(H,27,28). The van der Waals surface area contributed by atoms with E-state index in [0.717, 1.165) is 17.0 Å². The predicted molar refractivity (Wildman–Crippen MR) is 104 cm³/mol. The summed E-state index contributed by atoms with van der Waals surface area (Å²) in [6, 6.07) is 11.0. The van der Waals surface area contributed by atoms with Crippen molar-refractivity contribution in [2.75, 3.05) is 4.90 Å². The molecule has 1 heterocycles. The van der Waals surface area contributed by atoms with Gasteiger partial charge in [0.15, 0.2) is 5.76 Å².